The van der Waals surface area contributed by atoms with Crippen LogP contribution in [0.3, 0.4) is 0 Å². The summed E-state index contributed by atoms with van der Waals surface area (Å²) in [5.74, 6) is -0.942. The van der Waals surface area contributed by atoms with E-state index in [4.69, 9.17) is 5.11 Å². The molecule has 4 rings (SSSR count). The van der Waals surface area contributed by atoms with Gasteiger partial charge in [0.1, 0.15) is 5.71 Å². The van der Waals surface area contributed by atoms with Gasteiger partial charge in [0.25, 0.3) is 0 Å². The average Bonchev–Trinajstić information content (AvgIpc) is 2.97. The molecule has 0 saturated carbocycles. The number of aromatic carboxylic acids is 1. The van der Waals surface area contributed by atoms with Gasteiger partial charge in [0, 0.05) is 11.1 Å². The summed E-state index contributed by atoms with van der Waals surface area (Å²) < 4.78 is 0. The molecular formula is C21H15N2NaO2. The fraction of sp³-hybridized carbons (Fsp3) is 0. The van der Waals surface area contributed by atoms with Gasteiger partial charge in [-0.25, -0.2) is 4.79 Å². The standard InChI is InChI=1S/C21H14N2O2.Na.H/c24-21(25)15-11-9-14(10-12-15)13-22-23-20-18-7-3-1-5-16(18)17-6-2-4-8-19(17)20;;/h1-13H,(H,24,25);;/q;+1;-1/b22-13+;;. The van der Waals surface area contributed by atoms with Gasteiger partial charge >= 0.3 is 35.5 Å². The Morgan fingerprint density at radius 2 is 1.31 bits per heavy atom. The molecule has 0 aliphatic heterocycles. The average molecular weight is 350 g/mol. The summed E-state index contributed by atoms with van der Waals surface area (Å²) in [7, 11) is 0. The van der Waals surface area contributed by atoms with Crippen LogP contribution < -0.4 is 29.6 Å². The van der Waals surface area contributed by atoms with E-state index in [9.17, 15) is 4.79 Å². The van der Waals surface area contributed by atoms with Gasteiger partial charge in [0.15, 0.2) is 0 Å². The topological polar surface area (TPSA) is 62.0 Å². The quantitative estimate of drug-likeness (QED) is 0.344. The third kappa shape index (κ3) is 3.40. The van der Waals surface area contributed by atoms with Crippen LogP contribution in [0, 0.1) is 0 Å². The second-order valence-corrected chi connectivity index (χ2v) is 5.71. The second-order valence-electron chi connectivity index (χ2n) is 5.71. The fourth-order valence-electron chi connectivity index (χ4n) is 2.97. The molecule has 5 heteroatoms. The summed E-state index contributed by atoms with van der Waals surface area (Å²) in [6.07, 6.45) is 1.63. The minimum atomic E-state index is -0.942. The number of carboxylic acids is 1. The van der Waals surface area contributed by atoms with Crippen molar-refractivity contribution < 1.29 is 40.9 Å². The van der Waals surface area contributed by atoms with Gasteiger partial charge in [-0.3, -0.25) is 0 Å². The van der Waals surface area contributed by atoms with E-state index in [1.54, 1.807) is 30.5 Å². The molecule has 1 aliphatic rings. The Morgan fingerprint density at radius 1 is 0.808 bits per heavy atom. The molecule has 0 heterocycles. The van der Waals surface area contributed by atoms with E-state index in [0.717, 1.165) is 33.5 Å². The number of benzene rings is 3. The largest absolute Gasteiger partial charge is 1.00 e. The van der Waals surface area contributed by atoms with Crippen LogP contribution in [-0.2, 0) is 0 Å². The Labute approximate surface area is 174 Å². The Bertz CT molecular complexity index is 983. The van der Waals surface area contributed by atoms with Gasteiger partial charge < -0.3 is 6.53 Å². The van der Waals surface area contributed by atoms with Gasteiger partial charge in [0.2, 0.25) is 0 Å². The van der Waals surface area contributed by atoms with E-state index in [2.05, 4.69) is 22.3 Å². The monoisotopic (exact) mass is 350 g/mol. The smallest absolute Gasteiger partial charge is 1.00 e. The minimum Gasteiger partial charge on any atom is -1.00 e. The van der Waals surface area contributed by atoms with Crippen LogP contribution in [0.4, 0.5) is 0 Å². The Kier molecular flexibility index (Phi) is 5.47. The fourth-order valence-corrected chi connectivity index (χ4v) is 2.97. The van der Waals surface area contributed by atoms with E-state index < -0.39 is 5.97 Å². The number of nitrogens with zero attached hydrogens (tertiary/aromatic N) is 2. The molecule has 3 aromatic rings. The molecule has 0 saturated heterocycles. The van der Waals surface area contributed by atoms with Crippen molar-refractivity contribution in [1.82, 2.24) is 0 Å². The summed E-state index contributed by atoms with van der Waals surface area (Å²) in [6.45, 7) is 0. The van der Waals surface area contributed by atoms with E-state index in [1.807, 2.05) is 36.4 Å². The molecule has 0 unspecified atom stereocenters. The zero-order valence-corrected chi connectivity index (χ0v) is 16.3. The van der Waals surface area contributed by atoms with E-state index in [1.165, 1.54) is 0 Å². The van der Waals surface area contributed by atoms with E-state index in [0.29, 0.717) is 0 Å². The van der Waals surface area contributed by atoms with Crippen molar-refractivity contribution in [2.24, 2.45) is 10.2 Å². The molecule has 0 amide bonds. The Balaban J connectivity index is 0.00000131. The van der Waals surface area contributed by atoms with Crippen LogP contribution in [0.5, 0.6) is 0 Å². The molecule has 1 N–H and O–H groups in total. The van der Waals surface area contributed by atoms with Crippen LogP contribution in [0.1, 0.15) is 28.5 Å². The third-order valence-electron chi connectivity index (χ3n) is 4.18. The number of rotatable bonds is 3. The summed E-state index contributed by atoms with van der Waals surface area (Å²) in [4.78, 5) is 10.9. The first-order chi connectivity index (χ1) is 12.2. The van der Waals surface area contributed by atoms with Gasteiger partial charge in [-0.05, 0) is 28.8 Å². The predicted molar refractivity (Wildman–Crippen MR) is 99.6 cm³/mol. The molecule has 0 atom stereocenters. The molecule has 1 aliphatic carbocycles. The Hall–Kier alpha value is -2.53. The SMILES string of the molecule is O=C(O)c1ccc(/C=N/N=C2c3ccccc3-c3ccccc32)cc1.[H-].[Na+]. The van der Waals surface area contributed by atoms with Crippen molar-refractivity contribution >= 4 is 17.9 Å². The molecule has 26 heavy (non-hydrogen) atoms. The van der Waals surface area contributed by atoms with Gasteiger partial charge in [-0.1, -0.05) is 60.7 Å². The zero-order chi connectivity index (χ0) is 17.2. The normalized spacial score (nSPS) is 11.6. The van der Waals surface area contributed by atoms with Crippen LogP contribution in [0.15, 0.2) is 83.0 Å². The number of carboxylic acid groups (broad SMARTS) is 1. The molecule has 3 aromatic carbocycles. The van der Waals surface area contributed by atoms with Gasteiger partial charge in [0.05, 0.1) is 11.8 Å². The first kappa shape index (κ1) is 18.3. The van der Waals surface area contributed by atoms with Crippen molar-refractivity contribution in [3.8, 4) is 11.1 Å². The first-order valence-electron chi connectivity index (χ1n) is 7.87. The number of fused-ring (bicyclic) bond motifs is 3. The van der Waals surface area contributed by atoms with Crippen LogP contribution in [0.25, 0.3) is 11.1 Å². The first-order valence-corrected chi connectivity index (χ1v) is 7.87. The van der Waals surface area contributed by atoms with Crippen molar-refractivity contribution in [1.29, 1.82) is 0 Å². The van der Waals surface area contributed by atoms with E-state index in [-0.39, 0.29) is 36.5 Å². The minimum absolute atomic E-state index is 0. The number of hydrogen-bond donors (Lipinski definition) is 1. The Morgan fingerprint density at radius 3 is 1.81 bits per heavy atom. The summed E-state index contributed by atoms with van der Waals surface area (Å²) in [5.41, 5.74) is 6.38. The van der Waals surface area contributed by atoms with Crippen LogP contribution >= 0.6 is 0 Å². The maximum atomic E-state index is 10.9. The van der Waals surface area contributed by atoms with Gasteiger partial charge in [-0.15, -0.1) is 5.10 Å². The van der Waals surface area contributed by atoms with Crippen LogP contribution in [0.2, 0.25) is 0 Å². The molecular weight excluding hydrogens is 335 g/mol. The maximum Gasteiger partial charge on any atom is 1.00 e. The summed E-state index contributed by atoms with van der Waals surface area (Å²) in [5, 5.41) is 17.6. The maximum absolute atomic E-state index is 10.9. The number of hydrogen-bond acceptors (Lipinski definition) is 3. The van der Waals surface area contributed by atoms with Crippen LogP contribution in [-0.4, -0.2) is 23.0 Å². The summed E-state index contributed by atoms with van der Waals surface area (Å²) in [6, 6.07) is 22.8. The van der Waals surface area contributed by atoms with E-state index >= 15 is 0 Å². The zero-order valence-electron chi connectivity index (χ0n) is 15.3. The number of carbonyl (C=O) groups is 1. The molecule has 4 nitrogen and oxygen atoms in total. The van der Waals surface area contributed by atoms with Crippen molar-refractivity contribution in [3.63, 3.8) is 0 Å². The van der Waals surface area contributed by atoms with Crippen molar-refractivity contribution in [2.45, 2.75) is 0 Å². The molecule has 0 bridgehead atoms. The molecule has 0 spiro atoms. The summed E-state index contributed by atoms with van der Waals surface area (Å²) >= 11 is 0. The van der Waals surface area contributed by atoms with Crippen molar-refractivity contribution in [3.05, 3.63) is 95.1 Å². The van der Waals surface area contributed by atoms with Gasteiger partial charge in [-0.2, -0.15) is 5.10 Å². The third-order valence-corrected chi connectivity index (χ3v) is 4.18. The molecule has 122 valence electrons. The predicted octanol–water partition coefficient (Wildman–Crippen LogP) is 1.35. The van der Waals surface area contributed by atoms with Crippen molar-refractivity contribution in [2.75, 3.05) is 0 Å². The molecule has 0 radical (unpaired) electrons. The molecule has 0 fully saturated rings. The molecule has 0 aromatic heterocycles. The second kappa shape index (κ2) is 7.79.